The van der Waals surface area contributed by atoms with Crippen molar-refractivity contribution in [3.8, 4) is 0 Å². The molecule has 154 valence electrons. The van der Waals surface area contributed by atoms with Gasteiger partial charge in [0.05, 0.1) is 11.4 Å². The Bertz CT molecular complexity index is 814. The Morgan fingerprint density at radius 1 is 1.10 bits per heavy atom. The number of amides is 1. The molecule has 0 atom stereocenters. The maximum atomic E-state index is 12.4. The van der Waals surface area contributed by atoms with Crippen molar-refractivity contribution in [2.24, 2.45) is 0 Å². The predicted octanol–water partition coefficient (Wildman–Crippen LogP) is 3.57. The second kappa shape index (κ2) is 10.0. The van der Waals surface area contributed by atoms with Gasteiger partial charge in [-0.15, -0.1) is 0 Å². The number of nitrogens with zero attached hydrogens (tertiary/aromatic N) is 4. The highest BCUT2D eigenvalue weighted by Gasteiger charge is 2.28. The molecule has 1 aliphatic rings. The molecule has 0 spiro atoms. The first kappa shape index (κ1) is 21.5. The summed E-state index contributed by atoms with van der Waals surface area (Å²) in [5, 5.41) is 0. The number of piperidine rings is 1. The molecular weight excluding hydrogens is 380 g/mol. The SMILES string of the molecule is C=C(CS)C(=O)N1CCC(N(Cc2ncccc2C)Cc2ncccc2C)CC1. The zero-order valence-electron chi connectivity index (χ0n) is 17.3. The van der Waals surface area contributed by atoms with Crippen LogP contribution in [0.25, 0.3) is 0 Å². The number of aromatic nitrogens is 2. The number of carbonyl (C=O) groups is 1. The van der Waals surface area contributed by atoms with Gasteiger partial charge < -0.3 is 4.90 Å². The molecule has 0 radical (unpaired) electrons. The molecular formula is C23H30N4OS. The number of pyridine rings is 2. The van der Waals surface area contributed by atoms with E-state index in [9.17, 15) is 4.79 Å². The maximum absolute atomic E-state index is 12.4. The lowest BCUT2D eigenvalue weighted by Crippen LogP contribution is -2.47. The molecule has 1 amide bonds. The van der Waals surface area contributed by atoms with Crippen LogP contribution in [0.5, 0.6) is 0 Å². The van der Waals surface area contributed by atoms with Gasteiger partial charge in [0.25, 0.3) is 0 Å². The normalized spacial score (nSPS) is 15.0. The fraction of sp³-hybridized carbons (Fsp3) is 0.435. The van der Waals surface area contributed by atoms with Gasteiger partial charge in [-0.2, -0.15) is 12.6 Å². The van der Waals surface area contributed by atoms with E-state index in [2.05, 4.69) is 60.1 Å². The molecule has 0 aromatic carbocycles. The lowest BCUT2D eigenvalue weighted by Gasteiger charge is -2.39. The molecule has 2 aromatic heterocycles. The van der Waals surface area contributed by atoms with Gasteiger partial charge in [-0.3, -0.25) is 19.7 Å². The number of hydrogen-bond acceptors (Lipinski definition) is 5. The molecule has 0 unspecified atom stereocenters. The summed E-state index contributed by atoms with van der Waals surface area (Å²) < 4.78 is 0. The number of rotatable bonds is 7. The Kier molecular flexibility index (Phi) is 7.45. The van der Waals surface area contributed by atoms with Crippen LogP contribution in [0.2, 0.25) is 0 Å². The maximum Gasteiger partial charge on any atom is 0.250 e. The van der Waals surface area contributed by atoms with Crippen molar-refractivity contribution in [3.63, 3.8) is 0 Å². The standard InChI is InChI=1S/C23H30N4OS/c1-17-6-4-10-24-21(17)14-27(15-22-18(2)7-5-11-25-22)20-8-12-26(13-9-20)23(28)19(3)16-29/h4-7,10-11,20,29H,3,8-9,12-16H2,1-2H3. The molecule has 0 saturated carbocycles. The first-order chi connectivity index (χ1) is 14.0. The molecule has 5 nitrogen and oxygen atoms in total. The van der Waals surface area contributed by atoms with E-state index in [4.69, 9.17) is 0 Å². The van der Waals surface area contributed by atoms with Crippen LogP contribution in [0.1, 0.15) is 35.4 Å². The monoisotopic (exact) mass is 410 g/mol. The Morgan fingerprint density at radius 3 is 2.07 bits per heavy atom. The van der Waals surface area contributed by atoms with Crippen LogP contribution in [0.15, 0.2) is 48.8 Å². The van der Waals surface area contributed by atoms with E-state index < -0.39 is 0 Å². The zero-order chi connectivity index (χ0) is 20.8. The van der Waals surface area contributed by atoms with E-state index in [1.165, 1.54) is 11.1 Å². The van der Waals surface area contributed by atoms with Gasteiger partial charge in [0.15, 0.2) is 0 Å². The van der Waals surface area contributed by atoms with E-state index in [1.54, 1.807) is 0 Å². The lowest BCUT2D eigenvalue weighted by molar-refractivity contribution is -0.128. The highest BCUT2D eigenvalue weighted by Crippen LogP contribution is 2.23. The third kappa shape index (κ3) is 5.46. The van der Waals surface area contributed by atoms with Crippen LogP contribution in [-0.2, 0) is 17.9 Å². The van der Waals surface area contributed by atoms with Gasteiger partial charge in [-0.1, -0.05) is 18.7 Å². The minimum absolute atomic E-state index is 0.0335. The average Bonchev–Trinajstić information content (AvgIpc) is 2.75. The summed E-state index contributed by atoms with van der Waals surface area (Å²) in [5.74, 6) is 0.439. The molecule has 0 bridgehead atoms. The molecule has 1 aliphatic heterocycles. The van der Waals surface area contributed by atoms with Crippen LogP contribution < -0.4 is 0 Å². The third-order valence-electron chi connectivity index (χ3n) is 5.70. The highest BCUT2D eigenvalue weighted by atomic mass is 32.1. The van der Waals surface area contributed by atoms with E-state index in [-0.39, 0.29) is 5.91 Å². The second-order valence-electron chi connectivity index (χ2n) is 7.72. The summed E-state index contributed by atoms with van der Waals surface area (Å²) >= 11 is 4.19. The quantitative estimate of drug-likeness (QED) is 0.560. The van der Waals surface area contributed by atoms with Crippen molar-refractivity contribution >= 4 is 18.5 Å². The Hall–Kier alpha value is -2.18. The van der Waals surface area contributed by atoms with Crippen molar-refractivity contribution in [2.75, 3.05) is 18.8 Å². The minimum atomic E-state index is 0.0335. The fourth-order valence-corrected chi connectivity index (χ4v) is 3.93. The Balaban J connectivity index is 1.75. The van der Waals surface area contributed by atoms with Gasteiger partial charge in [0.1, 0.15) is 0 Å². The van der Waals surface area contributed by atoms with Crippen molar-refractivity contribution in [2.45, 2.75) is 45.8 Å². The molecule has 0 N–H and O–H groups in total. The van der Waals surface area contributed by atoms with Gasteiger partial charge in [0, 0.05) is 55.9 Å². The first-order valence-corrected chi connectivity index (χ1v) is 10.8. The number of hydrogen-bond donors (Lipinski definition) is 1. The van der Waals surface area contributed by atoms with Crippen molar-refractivity contribution in [3.05, 3.63) is 71.3 Å². The minimum Gasteiger partial charge on any atom is -0.339 e. The molecule has 0 aliphatic carbocycles. The Labute approximate surface area is 179 Å². The summed E-state index contributed by atoms with van der Waals surface area (Å²) in [5.41, 5.74) is 5.17. The molecule has 3 heterocycles. The van der Waals surface area contributed by atoms with E-state index in [1.807, 2.05) is 29.4 Å². The van der Waals surface area contributed by atoms with Gasteiger partial charge in [-0.25, -0.2) is 0 Å². The van der Waals surface area contributed by atoms with Gasteiger partial charge in [0.2, 0.25) is 5.91 Å². The summed E-state index contributed by atoms with van der Waals surface area (Å²) in [4.78, 5) is 26.0. The largest absolute Gasteiger partial charge is 0.339 e. The summed E-state index contributed by atoms with van der Waals surface area (Å²) in [6, 6.07) is 8.55. The van der Waals surface area contributed by atoms with Crippen LogP contribution in [0, 0.1) is 13.8 Å². The van der Waals surface area contributed by atoms with E-state index >= 15 is 0 Å². The fourth-order valence-electron chi connectivity index (χ4n) is 3.79. The van der Waals surface area contributed by atoms with Crippen LogP contribution in [0.3, 0.4) is 0 Å². The van der Waals surface area contributed by atoms with Crippen LogP contribution in [0.4, 0.5) is 0 Å². The first-order valence-electron chi connectivity index (χ1n) is 10.1. The third-order valence-corrected chi connectivity index (χ3v) is 6.08. The smallest absolute Gasteiger partial charge is 0.250 e. The van der Waals surface area contributed by atoms with Crippen molar-refractivity contribution in [1.82, 2.24) is 19.8 Å². The number of likely N-dealkylation sites (tertiary alicyclic amines) is 1. The lowest BCUT2D eigenvalue weighted by atomic mass is 10.0. The highest BCUT2D eigenvalue weighted by molar-refractivity contribution is 7.80. The average molecular weight is 411 g/mol. The molecule has 1 fully saturated rings. The number of carbonyl (C=O) groups excluding carboxylic acids is 1. The number of thiol groups is 1. The summed E-state index contributed by atoms with van der Waals surface area (Å²) in [6.07, 6.45) is 5.58. The molecule has 6 heteroatoms. The Morgan fingerprint density at radius 2 is 1.62 bits per heavy atom. The van der Waals surface area contributed by atoms with Gasteiger partial charge in [-0.05, 0) is 49.9 Å². The van der Waals surface area contributed by atoms with Crippen molar-refractivity contribution < 1.29 is 4.79 Å². The number of aryl methyl sites for hydroxylation is 2. The van der Waals surface area contributed by atoms with E-state index in [0.717, 1.165) is 50.4 Å². The second-order valence-corrected chi connectivity index (χ2v) is 8.04. The molecule has 3 rings (SSSR count). The molecule has 29 heavy (non-hydrogen) atoms. The summed E-state index contributed by atoms with van der Waals surface area (Å²) in [7, 11) is 0. The molecule has 2 aromatic rings. The van der Waals surface area contributed by atoms with Crippen LogP contribution >= 0.6 is 12.6 Å². The molecule has 1 saturated heterocycles. The predicted molar refractivity (Wildman–Crippen MR) is 120 cm³/mol. The van der Waals surface area contributed by atoms with Crippen LogP contribution in [-0.4, -0.2) is 50.6 Å². The van der Waals surface area contributed by atoms with Crippen molar-refractivity contribution in [1.29, 1.82) is 0 Å². The van der Waals surface area contributed by atoms with Gasteiger partial charge >= 0.3 is 0 Å². The van der Waals surface area contributed by atoms with E-state index in [0.29, 0.717) is 17.4 Å². The zero-order valence-corrected chi connectivity index (χ0v) is 18.2. The summed E-state index contributed by atoms with van der Waals surface area (Å²) in [6.45, 7) is 11.1. The topological polar surface area (TPSA) is 49.3 Å².